The van der Waals surface area contributed by atoms with Crippen molar-refractivity contribution in [2.75, 3.05) is 50.8 Å². The van der Waals surface area contributed by atoms with Gasteiger partial charge in [-0.3, -0.25) is 19.7 Å². The molecule has 2 aromatic rings. The van der Waals surface area contributed by atoms with Gasteiger partial charge in [-0.05, 0) is 33.6 Å². The fourth-order valence-electron chi connectivity index (χ4n) is 5.10. The molecule has 14 heteroatoms. The van der Waals surface area contributed by atoms with Crippen molar-refractivity contribution in [3.63, 3.8) is 0 Å². The van der Waals surface area contributed by atoms with E-state index in [0.29, 0.717) is 43.0 Å². The van der Waals surface area contributed by atoms with Gasteiger partial charge in [0.15, 0.2) is 12.4 Å². The van der Waals surface area contributed by atoms with Crippen molar-refractivity contribution >= 4 is 17.5 Å². The molecule has 2 saturated heterocycles. The van der Waals surface area contributed by atoms with Crippen LogP contribution in [0.1, 0.15) is 33.6 Å². The number of rotatable bonds is 6. The van der Waals surface area contributed by atoms with Gasteiger partial charge in [-0.1, -0.05) is 0 Å². The van der Waals surface area contributed by atoms with E-state index in [9.17, 15) is 28.1 Å². The summed E-state index contributed by atoms with van der Waals surface area (Å²) in [6.45, 7) is 7.67. The molecule has 1 aromatic carbocycles. The van der Waals surface area contributed by atoms with Crippen LogP contribution in [0.5, 0.6) is 5.75 Å². The molecule has 0 atom stereocenters. The number of nitro benzene ring substituents is 1. The summed E-state index contributed by atoms with van der Waals surface area (Å²) in [7, 11) is 1.71. The summed E-state index contributed by atoms with van der Waals surface area (Å²) in [6.07, 6.45) is -0.108. The molecule has 0 radical (unpaired) electrons. The van der Waals surface area contributed by atoms with Gasteiger partial charge >= 0.3 is 18.0 Å². The van der Waals surface area contributed by atoms with Gasteiger partial charge in [-0.15, -0.1) is 0 Å². The van der Waals surface area contributed by atoms with Crippen LogP contribution < -0.4 is 9.64 Å². The zero-order valence-corrected chi connectivity index (χ0v) is 23.1. The summed E-state index contributed by atoms with van der Waals surface area (Å²) in [5, 5.41) is 15.9. The number of aromatic nitrogens is 2. The fraction of sp³-hybridized carbons (Fsp3) is 0.615. The van der Waals surface area contributed by atoms with Gasteiger partial charge in [0.1, 0.15) is 5.60 Å². The normalized spacial score (nSPS) is 17.7. The Balaban J connectivity index is 1.49. The average Bonchev–Trinajstić information content (AvgIpc) is 3.31. The van der Waals surface area contributed by atoms with Crippen LogP contribution in [0.4, 0.5) is 29.3 Å². The maximum atomic E-state index is 12.9. The van der Waals surface area contributed by atoms with Crippen LogP contribution in [0.2, 0.25) is 0 Å². The number of alkyl halides is 3. The van der Waals surface area contributed by atoms with Crippen LogP contribution in [0.3, 0.4) is 0 Å². The number of carbonyl (C=O) groups is 1. The Labute approximate surface area is 230 Å². The Hall–Kier alpha value is -3.55. The standard InChI is InChI=1S/C26H35F3N6O5/c1-25(2,3)40-24(36)34-11-9-32(10-12-34)19-5-7-33(8-6-19)21-14-23(39-17-26(27,28)29)22(35(37)38)13-20(21)18-15-30-31(4)16-18/h13-16,19H,5-12,17H2,1-4H3. The monoisotopic (exact) mass is 568 g/mol. The van der Waals surface area contributed by atoms with E-state index in [0.717, 1.165) is 25.9 Å². The third kappa shape index (κ3) is 7.34. The van der Waals surface area contributed by atoms with Crippen LogP contribution in [-0.4, -0.2) is 94.3 Å². The number of ether oxygens (including phenoxy) is 2. The highest BCUT2D eigenvalue weighted by Gasteiger charge is 2.34. The Kier molecular flexibility index (Phi) is 8.47. The molecule has 0 unspecified atom stereocenters. The van der Waals surface area contributed by atoms with Crippen LogP contribution >= 0.6 is 0 Å². The number of aryl methyl sites for hydroxylation is 1. The predicted molar refractivity (Wildman–Crippen MR) is 141 cm³/mol. The topological polar surface area (TPSA) is 106 Å². The van der Waals surface area contributed by atoms with E-state index < -0.39 is 34.7 Å². The van der Waals surface area contributed by atoms with Gasteiger partial charge in [0, 0.05) is 87.5 Å². The maximum absolute atomic E-state index is 12.9. The first kappa shape index (κ1) is 29.4. The predicted octanol–water partition coefficient (Wildman–Crippen LogP) is 4.46. The molecule has 0 N–H and O–H groups in total. The molecule has 40 heavy (non-hydrogen) atoms. The molecule has 2 aliphatic rings. The zero-order chi connectivity index (χ0) is 29.2. The third-order valence-electron chi connectivity index (χ3n) is 6.97. The van der Waals surface area contributed by atoms with Gasteiger partial charge in [-0.2, -0.15) is 18.3 Å². The van der Waals surface area contributed by atoms with E-state index in [-0.39, 0.29) is 12.1 Å². The quantitative estimate of drug-likeness (QED) is 0.372. The lowest BCUT2D eigenvalue weighted by atomic mass is 9.98. The lowest BCUT2D eigenvalue weighted by molar-refractivity contribution is -0.386. The number of halogens is 3. The van der Waals surface area contributed by atoms with E-state index in [2.05, 4.69) is 10.00 Å². The smallest absolute Gasteiger partial charge is 0.422 e. The number of anilines is 1. The number of nitro groups is 1. The Bertz CT molecular complexity index is 1210. The molecule has 1 amide bonds. The number of benzene rings is 1. The Morgan fingerprint density at radius 3 is 2.27 bits per heavy atom. The van der Waals surface area contributed by atoms with Crippen molar-refractivity contribution < 1.29 is 32.4 Å². The summed E-state index contributed by atoms with van der Waals surface area (Å²) in [5.41, 5.74) is 0.589. The van der Waals surface area contributed by atoms with Crippen LogP contribution in [0.25, 0.3) is 11.1 Å². The lowest BCUT2D eigenvalue weighted by Crippen LogP contribution is -2.55. The fourth-order valence-corrected chi connectivity index (χ4v) is 5.10. The molecule has 0 saturated carbocycles. The van der Waals surface area contributed by atoms with Crippen molar-refractivity contribution in [1.82, 2.24) is 19.6 Å². The number of piperidine rings is 1. The number of hydrogen-bond donors (Lipinski definition) is 0. The summed E-state index contributed by atoms with van der Waals surface area (Å²) < 4.78 is 50.6. The van der Waals surface area contributed by atoms with Gasteiger partial charge < -0.3 is 19.3 Å². The zero-order valence-electron chi connectivity index (χ0n) is 23.1. The molecule has 3 heterocycles. The first-order chi connectivity index (χ1) is 18.7. The highest BCUT2D eigenvalue weighted by Crippen LogP contribution is 2.42. The second-order valence-corrected chi connectivity index (χ2v) is 11.1. The number of hydrogen-bond acceptors (Lipinski definition) is 8. The highest BCUT2D eigenvalue weighted by atomic mass is 19.4. The summed E-state index contributed by atoms with van der Waals surface area (Å²) in [6, 6.07) is 2.88. The SMILES string of the molecule is Cn1cc(-c2cc([N+](=O)[O-])c(OCC(F)(F)F)cc2N2CCC(N3CCN(C(=O)OC(C)(C)C)CC3)CC2)cn1. The van der Waals surface area contributed by atoms with Crippen LogP contribution in [0.15, 0.2) is 24.5 Å². The molecule has 4 rings (SSSR count). The molecule has 0 spiro atoms. The lowest BCUT2D eigenvalue weighted by Gasteiger charge is -2.43. The molecule has 220 valence electrons. The second-order valence-electron chi connectivity index (χ2n) is 11.1. The Morgan fingerprint density at radius 2 is 1.75 bits per heavy atom. The molecule has 1 aromatic heterocycles. The van der Waals surface area contributed by atoms with E-state index in [1.165, 1.54) is 12.1 Å². The molecular weight excluding hydrogens is 533 g/mol. The minimum absolute atomic E-state index is 0.276. The number of amides is 1. The second kappa shape index (κ2) is 11.5. The van der Waals surface area contributed by atoms with E-state index in [1.807, 2.05) is 25.7 Å². The largest absolute Gasteiger partial charge is 0.477 e. The van der Waals surface area contributed by atoms with Crippen molar-refractivity contribution in [2.45, 2.75) is 51.4 Å². The number of nitrogens with zero attached hydrogens (tertiary/aromatic N) is 6. The first-order valence-corrected chi connectivity index (χ1v) is 13.2. The summed E-state index contributed by atoms with van der Waals surface area (Å²) >= 11 is 0. The van der Waals surface area contributed by atoms with E-state index >= 15 is 0 Å². The minimum atomic E-state index is -4.64. The van der Waals surface area contributed by atoms with Crippen LogP contribution in [0, 0.1) is 10.1 Å². The molecule has 2 fully saturated rings. The molecular formula is C26H35F3N6O5. The number of carbonyl (C=O) groups excluding carboxylic acids is 1. The van der Waals surface area contributed by atoms with Crippen LogP contribution in [-0.2, 0) is 11.8 Å². The van der Waals surface area contributed by atoms with Gasteiger partial charge in [0.25, 0.3) is 0 Å². The van der Waals surface area contributed by atoms with Gasteiger partial charge in [0.05, 0.1) is 11.1 Å². The minimum Gasteiger partial charge on any atom is -0.477 e. The van der Waals surface area contributed by atoms with Crippen molar-refractivity contribution in [2.24, 2.45) is 7.05 Å². The van der Waals surface area contributed by atoms with Crippen molar-refractivity contribution in [3.05, 3.63) is 34.6 Å². The van der Waals surface area contributed by atoms with Crippen molar-refractivity contribution in [1.29, 1.82) is 0 Å². The first-order valence-electron chi connectivity index (χ1n) is 13.2. The summed E-state index contributed by atoms with van der Waals surface area (Å²) in [5.74, 6) is -0.426. The molecule has 2 aliphatic heterocycles. The van der Waals surface area contributed by atoms with Crippen molar-refractivity contribution in [3.8, 4) is 16.9 Å². The molecule has 0 bridgehead atoms. The Morgan fingerprint density at radius 1 is 1.10 bits per heavy atom. The number of piperazine rings is 1. The van der Waals surface area contributed by atoms with Gasteiger partial charge in [0.2, 0.25) is 0 Å². The average molecular weight is 569 g/mol. The molecule has 0 aliphatic carbocycles. The molecule has 11 nitrogen and oxygen atoms in total. The summed E-state index contributed by atoms with van der Waals surface area (Å²) in [4.78, 5) is 29.5. The third-order valence-corrected chi connectivity index (χ3v) is 6.97. The maximum Gasteiger partial charge on any atom is 0.422 e. The van der Waals surface area contributed by atoms with Gasteiger partial charge in [-0.25, -0.2) is 4.79 Å². The highest BCUT2D eigenvalue weighted by molar-refractivity contribution is 5.82. The van der Waals surface area contributed by atoms with E-state index in [4.69, 9.17) is 9.47 Å². The van der Waals surface area contributed by atoms with E-state index in [1.54, 1.807) is 29.0 Å².